The van der Waals surface area contributed by atoms with Crippen LogP contribution >= 0.6 is 0 Å². The van der Waals surface area contributed by atoms with Gasteiger partial charge in [0.2, 0.25) is 0 Å². The standard InChI is InChI=1S/C26H25F2N3/c27-19-7-10-22(11-8-19)31-25-12-9-20(28)17-23(25)24-18-30(16-13-26(24)31)15-4-2-6-21-5-1-3-14-29-21/h1,3,5,7-12,14,17-18,26H,2,4,6,13,15-16H2. The summed E-state index contributed by atoms with van der Waals surface area (Å²) in [6.45, 7) is 1.93. The van der Waals surface area contributed by atoms with Gasteiger partial charge in [-0.05, 0) is 80.3 Å². The number of aromatic nitrogens is 1. The maximum Gasteiger partial charge on any atom is 0.123 e. The molecule has 0 bridgehead atoms. The molecule has 1 unspecified atom stereocenters. The highest BCUT2D eigenvalue weighted by Crippen LogP contribution is 2.47. The molecule has 1 atom stereocenters. The van der Waals surface area contributed by atoms with E-state index in [-0.39, 0.29) is 17.7 Å². The van der Waals surface area contributed by atoms with Gasteiger partial charge in [0.25, 0.3) is 0 Å². The average molecular weight is 418 g/mol. The van der Waals surface area contributed by atoms with Crippen LogP contribution in [0.15, 0.2) is 73.1 Å². The van der Waals surface area contributed by atoms with Gasteiger partial charge in [0, 0.05) is 53.7 Å². The summed E-state index contributed by atoms with van der Waals surface area (Å²) in [6.07, 6.45) is 8.15. The lowest BCUT2D eigenvalue weighted by atomic mass is 9.97. The molecule has 2 aromatic carbocycles. The Morgan fingerprint density at radius 3 is 2.58 bits per heavy atom. The maximum absolute atomic E-state index is 14.1. The van der Waals surface area contributed by atoms with Crippen LogP contribution in [0.25, 0.3) is 5.57 Å². The first-order valence-electron chi connectivity index (χ1n) is 10.9. The van der Waals surface area contributed by atoms with E-state index in [1.165, 1.54) is 18.2 Å². The highest BCUT2D eigenvalue weighted by molar-refractivity contribution is 5.92. The lowest BCUT2D eigenvalue weighted by Crippen LogP contribution is -2.36. The van der Waals surface area contributed by atoms with Crippen molar-refractivity contribution >= 4 is 16.9 Å². The maximum atomic E-state index is 14.1. The topological polar surface area (TPSA) is 19.4 Å². The summed E-state index contributed by atoms with van der Waals surface area (Å²) in [5.74, 6) is -0.481. The molecule has 0 radical (unpaired) electrons. The van der Waals surface area contributed by atoms with Crippen LogP contribution in [0.1, 0.15) is 30.5 Å². The van der Waals surface area contributed by atoms with E-state index in [0.717, 1.165) is 67.0 Å². The van der Waals surface area contributed by atoms with E-state index in [0.29, 0.717) is 0 Å². The number of benzene rings is 2. The molecule has 3 heterocycles. The molecule has 0 saturated heterocycles. The molecule has 5 rings (SSSR count). The quantitative estimate of drug-likeness (QED) is 0.462. The fraction of sp³-hybridized carbons (Fsp3) is 0.269. The molecule has 31 heavy (non-hydrogen) atoms. The van der Waals surface area contributed by atoms with Crippen LogP contribution in [0.2, 0.25) is 0 Å². The first-order valence-corrected chi connectivity index (χ1v) is 10.9. The van der Waals surface area contributed by atoms with Gasteiger partial charge in [-0.2, -0.15) is 0 Å². The molecule has 0 spiro atoms. The number of rotatable bonds is 6. The summed E-state index contributed by atoms with van der Waals surface area (Å²) < 4.78 is 27.6. The third-order valence-corrected chi connectivity index (χ3v) is 6.17. The predicted molar refractivity (Wildman–Crippen MR) is 120 cm³/mol. The van der Waals surface area contributed by atoms with Gasteiger partial charge in [0.1, 0.15) is 11.6 Å². The van der Waals surface area contributed by atoms with Gasteiger partial charge in [-0.3, -0.25) is 4.98 Å². The summed E-state index contributed by atoms with van der Waals surface area (Å²) in [5.41, 5.74) is 5.14. The zero-order chi connectivity index (χ0) is 21.2. The molecule has 3 aromatic rings. The lowest BCUT2D eigenvalue weighted by molar-refractivity contribution is 0.342. The van der Waals surface area contributed by atoms with Crippen molar-refractivity contribution in [3.63, 3.8) is 0 Å². The minimum Gasteiger partial charge on any atom is -0.377 e. The number of anilines is 2. The number of pyridine rings is 1. The number of aryl methyl sites for hydroxylation is 1. The Bertz CT molecular complexity index is 1080. The zero-order valence-corrected chi connectivity index (χ0v) is 17.3. The highest BCUT2D eigenvalue weighted by atomic mass is 19.1. The Morgan fingerprint density at radius 2 is 1.77 bits per heavy atom. The molecule has 2 aliphatic rings. The second-order valence-electron chi connectivity index (χ2n) is 8.21. The molecule has 2 aliphatic heterocycles. The molecular formula is C26H25F2N3. The Hall–Kier alpha value is -3.21. The smallest absolute Gasteiger partial charge is 0.123 e. The summed E-state index contributed by atoms with van der Waals surface area (Å²) >= 11 is 0. The van der Waals surface area contributed by atoms with Gasteiger partial charge < -0.3 is 9.80 Å². The molecule has 0 amide bonds. The van der Waals surface area contributed by atoms with Gasteiger partial charge >= 0.3 is 0 Å². The summed E-state index contributed by atoms with van der Waals surface area (Å²) in [6, 6.07) is 17.7. The van der Waals surface area contributed by atoms with Crippen LogP contribution in [0.5, 0.6) is 0 Å². The molecule has 0 saturated carbocycles. The van der Waals surface area contributed by atoms with Crippen molar-refractivity contribution in [1.29, 1.82) is 0 Å². The van der Waals surface area contributed by atoms with Gasteiger partial charge in [0.15, 0.2) is 0 Å². The van der Waals surface area contributed by atoms with E-state index in [1.807, 2.05) is 24.4 Å². The molecule has 0 aliphatic carbocycles. The fourth-order valence-corrected chi connectivity index (χ4v) is 4.69. The number of hydrogen-bond acceptors (Lipinski definition) is 3. The van der Waals surface area contributed by atoms with Crippen LogP contribution in [0.4, 0.5) is 20.2 Å². The first-order chi connectivity index (χ1) is 15.2. The summed E-state index contributed by atoms with van der Waals surface area (Å²) in [5, 5.41) is 0. The fourth-order valence-electron chi connectivity index (χ4n) is 4.69. The Kier molecular flexibility index (Phi) is 5.41. The number of unbranched alkanes of at least 4 members (excludes halogenated alkanes) is 1. The molecule has 5 heteroatoms. The molecule has 1 aromatic heterocycles. The Balaban J connectivity index is 1.34. The number of halogens is 2. The van der Waals surface area contributed by atoms with Crippen molar-refractivity contribution in [2.24, 2.45) is 0 Å². The minimum absolute atomic E-state index is 0.145. The lowest BCUT2D eigenvalue weighted by Gasteiger charge is -2.34. The molecular weight excluding hydrogens is 392 g/mol. The van der Waals surface area contributed by atoms with Crippen molar-refractivity contribution in [2.75, 3.05) is 18.0 Å². The molecule has 3 nitrogen and oxygen atoms in total. The number of nitrogens with zero attached hydrogens (tertiary/aromatic N) is 3. The van der Waals surface area contributed by atoms with Crippen molar-refractivity contribution in [3.8, 4) is 0 Å². The molecule has 0 N–H and O–H groups in total. The van der Waals surface area contributed by atoms with E-state index in [1.54, 1.807) is 18.2 Å². The van der Waals surface area contributed by atoms with Crippen molar-refractivity contribution in [3.05, 3.63) is 96.0 Å². The Labute approximate surface area is 181 Å². The van der Waals surface area contributed by atoms with Gasteiger partial charge in [-0.15, -0.1) is 0 Å². The van der Waals surface area contributed by atoms with E-state index in [9.17, 15) is 8.78 Å². The van der Waals surface area contributed by atoms with Crippen molar-refractivity contribution in [1.82, 2.24) is 9.88 Å². The normalized spacial score (nSPS) is 17.4. The SMILES string of the molecule is Fc1ccc(N2c3ccc(F)cc3C3=CN(CCCCc4ccccn4)CCC32)cc1. The highest BCUT2D eigenvalue weighted by Gasteiger charge is 2.37. The number of hydrogen-bond donors (Lipinski definition) is 0. The number of fused-ring (bicyclic) bond motifs is 3. The largest absolute Gasteiger partial charge is 0.377 e. The third kappa shape index (κ3) is 4.05. The van der Waals surface area contributed by atoms with Crippen molar-refractivity contribution < 1.29 is 8.78 Å². The van der Waals surface area contributed by atoms with Crippen LogP contribution in [-0.4, -0.2) is 29.0 Å². The summed E-state index contributed by atoms with van der Waals surface area (Å²) in [7, 11) is 0. The van der Waals surface area contributed by atoms with Gasteiger partial charge in [-0.1, -0.05) is 6.07 Å². The second kappa shape index (κ2) is 8.50. The van der Waals surface area contributed by atoms with E-state index < -0.39 is 0 Å². The van der Waals surface area contributed by atoms with Gasteiger partial charge in [0.05, 0.1) is 6.04 Å². The minimum atomic E-state index is -0.251. The predicted octanol–water partition coefficient (Wildman–Crippen LogP) is 5.95. The van der Waals surface area contributed by atoms with Crippen LogP contribution in [0.3, 0.4) is 0 Å². The van der Waals surface area contributed by atoms with Gasteiger partial charge in [-0.25, -0.2) is 8.78 Å². The first kappa shape index (κ1) is 19.7. The summed E-state index contributed by atoms with van der Waals surface area (Å²) in [4.78, 5) is 8.97. The Morgan fingerprint density at radius 1 is 0.935 bits per heavy atom. The van der Waals surface area contributed by atoms with E-state index >= 15 is 0 Å². The average Bonchev–Trinajstić information content (AvgIpc) is 3.11. The van der Waals surface area contributed by atoms with E-state index in [4.69, 9.17) is 0 Å². The van der Waals surface area contributed by atoms with Crippen LogP contribution in [-0.2, 0) is 6.42 Å². The van der Waals surface area contributed by atoms with Crippen LogP contribution < -0.4 is 4.90 Å². The van der Waals surface area contributed by atoms with Crippen molar-refractivity contribution in [2.45, 2.75) is 31.7 Å². The molecule has 0 fully saturated rings. The van der Waals surface area contributed by atoms with Crippen LogP contribution in [0, 0.1) is 11.6 Å². The second-order valence-corrected chi connectivity index (χ2v) is 8.21. The third-order valence-electron chi connectivity index (χ3n) is 6.17. The molecule has 158 valence electrons. The van der Waals surface area contributed by atoms with E-state index in [2.05, 4.69) is 27.1 Å². The monoisotopic (exact) mass is 417 g/mol. The zero-order valence-electron chi connectivity index (χ0n) is 17.3.